The highest BCUT2D eigenvalue weighted by atomic mass is 32.2. The molecule has 5 rings (SSSR count). The zero-order valence-electron chi connectivity index (χ0n) is 19.8. The Labute approximate surface area is 210 Å². The average Bonchev–Trinajstić information content (AvgIpc) is 2.86. The van der Waals surface area contributed by atoms with Crippen LogP contribution in [0.2, 0.25) is 0 Å². The second-order valence-corrected chi connectivity index (χ2v) is 9.43. The van der Waals surface area contributed by atoms with Gasteiger partial charge in [0.15, 0.2) is 5.16 Å². The van der Waals surface area contributed by atoms with Crippen molar-refractivity contribution in [3.63, 3.8) is 0 Å². The summed E-state index contributed by atoms with van der Waals surface area (Å²) in [6.45, 7) is 3.61. The van der Waals surface area contributed by atoms with Crippen molar-refractivity contribution in [2.75, 3.05) is 0 Å². The zero-order valence-corrected chi connectivity index (χ0v) is 20.6. The van der Waals surface area contributed by atoms with Gasteiger partial charge in [0, 0.05) is 0 Å². The van der Waals surface area contributed by atoms with Gasteiger partial charge in [-0.3, -0.25) is 23.5 Å². The van der Waals surface area contributed by atoms with Crippen molar-refractivity contribution in [3.05, 3.63) is 104 Å². The number of amides is 1. The van der Waals surface area contributed by atoms with E-state index in [1.807, 2.05) is 44.2 Å². The molecular weight excluding hydrogens is 474 g/mol. The topological polar surface area (TPSA) is 113 Å². The molecule has 0 spiro atoms. The van der Waals surface area contributed by atoms with Gasteiger partial charge >= 0.3 is 0 Å². The van der Waals surface area contributed by atoms with E-state index in [-0.39, 0.29) is 23.4 Å². The first-order valence-corrected chi connectivity index (χ1v) is 12.3. The van der Waals surface area contributed by atoms with Crippen LogP contribution in [-0.2, 0) is 17.1 Å². The van der Waals surface area contributed by atoms with E-state index in [1.54, 1.807) is 41.0 Å². The van der Waals surface area contributed by atoms with Gasteiger partial charge in [0.1, 0.15) is 12.4 Å². The van der Waals surface area contributed by atoms with E-state index in [2.05, 4.69) is 4.98 Å². The van der Waals surface area contributed by atoms with E-state index in [4.69, 9.17) is 10.7 Å². The minimum absolute atomic E-state index is 0.179. The van der Waals surface area contributed by atoms with Gasteiger partial charge in [-0.05, 0) is 49.2 Å². The molecule has 180 valence electrons. The van der Waals surface area contributed by atoms with Crippen LogP contribution in [0, 0.1) is 13.8 Å². The van der Waals surface area contributed by atoms with Crippen molar-refractivity contribution in [3.8, 4) is 5.69 Å². The number of primary amides is 1. The summed E-state index contributed by atoms with van der Waals surface area (Å²) in [6, 6.07) is 20.0. The second-order valence-electron chi connectivity index (χ2n) is 8.48. The fraction of sp³-hybridized carbons (Fsp3) is 0.148. The number of fused-ring (bicyclic) bond motifs is 2. The molecule has 0 atom stereocenters. The predicted molar refractivity (Wildman–Crippen MR) is 142 cm³/mol. The molecule has 0 aliphatic heterocycles. The van der Waals surface area contributed by atoms with E-state index in [1.165, 1.54) is 16.3 Å². The normalized spacial score (nSPS) is 11.3. The molecule has 2 N–H and O–H groups in total. The molecule has 3 aromatic carbocycles. The number of hydrogen-bond donors (Lipinski definition) is 1. The summed E-state index contributed by atoms with van der Waals surface area (Å²) in [4.78, 5) is 48.0. The van der Waals surface area contributed by atoms with Gasteiger partial charge in [-0.15, -0.1) is 0 Å². The Bertz CT molecular complexity index is 1750. The number of benzene rings is 3. The number of aromatic nitrogens is 4. The Hall–Kier alpha value is -4.24. The van der Waals surface area contributed by atoms with Crippen molar-refractivity contribution in [1.82, 2.24) is 19.1 Å². The summed E-state index contributed by atoms with van der Waals surface area (Å²) in [5.41, 5.74) is 8.66. The summed E-state index contributed by atoms with van der Waals surface area (Å²) in [5, 5.41) is 1.38. The summed E-state index contributed by atoms with van der Waals surface area (Å²) in [7, 11) is 0. The van der Waals surface area contributed by atoms with Crippen LogP contribution in [-0.4, -0.2) is 25.0 Å². The van der Waals surface area contributed by atoms with E-state index in [9.17, 15) is 14.4 Å². The minimum Gasteiger partial charge on any atom is -0.368 e. The van der Waals surface area contributed by atoms with E-state index in [0.29, 0.717) is 32.8 Å². The van der Waals surface area contributed by atoms with Gasteiger partial charge in [0.05, 0.1) is 33.2 Å². The number of thioether (sulfide) groups is 1. The maximum Gasteiger partial charge on any atom is 0.266 e. The lowest BCUT2D eigenvalue weighted by Gasteiger charge is -2.18. The molecule has 0 unspecified atom stereocenters. The standard InChI is InChI=1S/C27H23N5O3S/c1-16-8-7-9-17(2)24(16)32-26(35)19-11-4-6-13-21(19)30-27(32)36-15-23-29-20-12-5-3-10-18(20)25(34)31(23)14-22(28)33/h3-13H,14-15H2,1-2H3,(H2,28,33). The predicted octanol–water partition coefficient (Wildman–Crippen LogP) is 3.49. The smallest absolute Gasteiger partial charge is 0.266 e. The molecule has 9 heteroatoms. The van der Waals surface area contributed by atoms with Gasteiger partial charge in [-0.25, -0.2) is 9.97 Å². The molecule has 2 heterocycles. The highest BCUT2D eigenvalue weighted by Crippen LogP contribution is 2.27. The van der Waals surface area contributed by atoms with Crippen LogP contribution in [0.1, 0.15) is 17.0 Å². The van der Waals surface area contributed by atoms with Gasteiger partial charge in [0.2, 0.25) is 5.91 Å². The molecule has 0 aliphatic rings. The second kappa shape index (κ2) is 9.43. The lowest BCUT2D eigenvalue weighted by atomic mass is 10.1. The number of rotatable bonds is 6. The van der Waals surface area contributed by atoms with Crippen molar-refractivity contribution in [1.29, 1.82) is 0 Å². The Morgan fingerprint density at radius 2 is 1.42 bits per heavy atom. The molecule has 8 nitrogen and oxygen atoms in total. The monoisotopic (exact) mass is 497 g/mol. The Kier molecular flexibility index (Phi) is 6.15. The molecule has 0 saturated carbocycles. The number of hydrogen-bond acceptors (Lipinski definition) is 6. The Morgan fingerprint density at radius 1 is 0.833 bits per heavy atom. The number of carbonyl (C=O) groups excluding carboxylic acids is 1. The zero-order chi connectivity index (χ0) is 25.4. The lowest BCUT2D eigenvalue weighted by molar-refractivity contribution is -0.118. The molecule has 0 bridgehead atoms. The van der Waals surface area contributed by atoms with Crippen LogP contribution in [0.25, 0.3) is 27.5 Å². The first-order valence-electron chi connectivity index (χ1n) is 11.3. The summed E-state index contributed by atoms with van der Waals surface area (Å²) in [6.07, 6.45) is 0. The van der Waals surface area contributed by atoms with Gasteiger partial charge in [0.25, 0.3) is 11.1 Å². The number of nitrogens with zero attached hydrogens (tertiary/aromatic N) is 4. The number of para-hydroxylation sites is 3. The lowest BCUT2D eigenvalue weighted by Crippen LogP contribution is -2.31. The largest absolute Gasteiger partial charge is 0.368 e. The van der Waals surface area contributed by atoms with Crippen LogP contribution < -0.4 is 16.9 Å². The van der Waals surface area contributed by atoms with Crippen LogP contribution in [0.15, 0.2) is 81.5 Å². The maximum atomic E-state index is 13.7. The first-order chi connectivity index (χ1) is 17.3. The van der Waals surface area contributed by atoms with Crippen LogP contribution in [0.4, 0.5) is 0 Å². The quantitative estimate of drug-likeness (QED) is 0.284. The first kappa shape index (κ1) is 23.5. The molecule has 2 aromatic heterocycles. The maximum absolute atomic E-state index is 13.7. The Balaban J connectivity index is 1.69. The number of nitrogens with two attached hydrogens (primary N) is 1. The van der Waals surface area contributed by atoms with Crippen LogP contribution >= 0.6 is 11.8 Å². The molecular formula is C27H23N5O3S. The van der Waals surface area contributed by atoms with Crippen LogP contribution in [0.5, 0.6) is 0 Å². The van der Waals surface area contributed by atoms with Crippen molar-refractivity contribution >= 4 is 39.5 Å². The van der Waals surface area contributed by atoms with Crippen molar-refractivity contribution in [2.45, 2.75) is 31.3 Å². The molecule has 1 amide bonds. The SMILES string of the molecule is Cc1cccc(C)c1-n1c(SCc2nc3ccccc3c(=O)n2CC(N)=O)nc2ccccc2c1=O. The molecule has 0 aliphatic carbocycles. The Morgan fingerprint density at radius 3 is 2.06 bits per heavy atom. The van der Waals surface area contributed by atoms with E-state index < -0.39 is 5.91 Å². The summed E-state index contributed by atoms with van der Waals surface area (Å²) < 4.78 is 2.91. The summed E-state index contributed by atoms with van der Waals surface area (Å²) in [5.74, 6) is -0.0713. The van der Waals surface area contributed by atoms with E-state index in [0.717, 1.165) is 16.8 Å². The third-order valence-electron chi connectivity index (χ3n) is 5.99. The number of aryl methyl sites for hydroxylation is 2. The fourth-order valence-electron chi connectivity index (χ4n) is 4.34. The van der Waals surface area contributed by atoms with Crippen molar-refractivity contribution < 1.29 is 4.79 Å². The van der Waals surface area contributed by atoms with Gasteiger partial charge < -0.3 is 5.73 Å². The van der Waals surface area contributed by atoms with Crippen molar-refractivity contribution in [2.24, 2.45) is 5.73 Å². The highest BCUT2D eigenvalue weighted by Gasteiger charge is 2.19. The third kappa shape index (κ3) is 4.18. The molecule has 0 saturated heterocycles. The fourth-order valence-corrected chi connectivity index (χ4v) is 5.28. The molecule has 0 radical (unpaired) electrons. The average molecular weight is 498 g/mol. The van der Waals surface area contributed by atoms with Gasteiger partial charge in [-0.1, -0.05) is 54.2 Å². The molecule has 5 aromatic rings. The van der Waals surface area contributed by atoms with Gasteiger partial charge in [-0.2, -0.15) is 0 Å². The number of carbonyl (C=O) groups is 1. The molecule has 0 fully saturated rings. The minimum atomic E-state index is -0.642. The highest BCUT2D eigenvalue weighted by molar-refractivity contribution is 7.98. The van der Waals surface area contributed by atoms with E-state index >= 15 is 0 Å². The third-order valence-corrected chi connectivity index (χ3v) is 6.93. The van der Waals surface area contributed by atoms with Crippen LogP contribution in [0.3, 0.4) is 0 Å². The summed E-state index contributed by atoms with van der Waals surface area (Å²) >= 11 is 1.28. The molecule has 36 heavy (non-hydrogen) atoms.